The zero-order valence-corrected chi connectivity index (χ0v) is 7.94. The SMILES string of the molecule is NC(=O)C(N)c1ccc(C2CC2)cc1. The minimum atomic E-state index is -0.678. The van der Waals surface area contributed by atoms with E-state index in [1.54, 1.807) is 0 Å². The molecule has 14 heavy (non-hydrogen) atoms. The van der Waals surface area contributed by atoms with Gasteiger partial charge in [0, 0.05) is 0 Å². The number of carbonyl (C=O) groups is 1. The highest BCUT2D eigenvalue weighted by Crippen LogP contribution is 2.40. The summed E-state index contributed by atoms with van der Waals surface area (Å²) in [4.78, 5) is 10.8. The Hall–Kier alpha value is -1.35. The predicted octanol–water partition coefficient (Wildman–Crippen LogP) is 1.05. The van der Waals surface area contributed by atoms with Gasteiger partial charge < -0.3 is 11.5 Å². The first-order valence-electron chi connectivity index (χ1n) is 4.83. The van der Waals surface area contributed by atoms with Crippen LogP contribution in [0.4, 0.5) is 0 Å². The van der Waals surface area contributed by atoms with Crippen LogP contribution in [0.5, 0.6) is 0 Å². The van der Waals surface area contributed by atoms with E-state index in [2.05, 4.69) is 0 Å². The first kappa shape index (κ1) is 9.21. The van der Waals surface area contributed by atoms with Crippen molar-refractivity contribution in [1.82, 2.24) is 0 Å². The number of nitrogens with two attached hydrogens (primary N) is 2. The van der Waals surface area contributed by atoms with Gasteiger partial charge in [-0.25, -0.2) is 0 Å². The van der Waals surface area contributed by atoms with Crippen LogP contribution in [0, 0.1) is 0 Å². The average molecular weight is 190 g/mol. The van der Waals surface area contributed by atoms with Crippen LogP contribution >= 0.6 is 0 Å². The molecule has 1 atom stereocenters. The van der Waals surface area contributed by atoms with E-state index in [0.29, 0.717) is 0 Å². The highest BCUT2D eigenvalue weighted by molar-refractivity contribution is 5.81. The quantitative estimate of drug-likeness (QED) is 0.748. The van der Waals surface area contributed by atoms with Crippen molar-refractivity contribution in [3.05, 3.63) is 35.4 Å². The van der Waals surface area contributed by atoms with Crippen LogP contribution in [0.15, 0.2) is 24.3 Å². The lowest BCUT2D eigenvalue weighted by Gasteiger charge is -2.08. The number of carbonyl (C=O) groups excluding carboxylic acids is 1. The maximum Gasteiger partial charge on any atom is 0.238 e. The molecule has 0 bridgehead atoms. The summed E-state index contributed by atoms with van der Waals surface area (Å²) in [7, 11) is 0. The summed E-state index contributed by atoms with van der Waals surface area (Å²) in [5.41, 5.74) is 12.9. The number of amides is 1. The largest absolute Gasteiger partial charge is 0.368 e. The van der Waals surface area contributed by atoms with Crippen molar-refractivity contribution in [2.24, 2.45) is 11.5 Å². The molecule has 1 aromatic carbocycles. The Bertz CT molecular complexity index is 341. The number of hydrogen-bond acceptors (Lipinski definition) is 2. The van der Waals surface area contributed by atoms with Crippen LogP contribution in [-0.4, -0.2) is 5.91 Å². The molecule has 1 fully saturated rings. The fraction of sp³-hybridized carbons (Fsp3) is 0.364. The fourth-order valence-corrected chi connectivity index (χ4v) is 1.56. The normalized spacial score (nSPS) is 17.8. The van der Waals surface area contributed by atoms with Gasteiger partial charge in [-0.1, -0.05) is 24.3 Å². The second-order valence-corrected chi connectivity index (χ2v) is 3.82. The second-order valence-electron chi connectivity index (χ2n) is 3.82. The van der Waals surface area contributed by atoms with E-state index in [1.165, 1.54) is 18.4 Å². The Labute approximate surface area is 83.1 Å². The molecule has 1 aliphatic rings. The lowest BCUT2D eigenvalue weighted by atomic mass is 10.0. The third-order valence-electron chi connectivity index (χ3n) is 2.65. The van der Waals surface area contributed by atoms with E-state index in [-0.39, 0.29) is 0 Å². The summed E-state index contributed by atoms with van der Waals surface area (Å²) in [6, 6.07) is 7.18. The van der Waals surface area contributed by atoms with E-state index >= 15 is 0 Å². The second kappa shape index (κ2) is 3.42. The van der Waals surface area contributed by atoms with Gasteiger partial charge in [0.25, 0.3) is 0 Å². The minimum absolute atomic E-state index is 0.482. The molecule has 1 aliphatic carbocycles. The molecule has 4 N–H and O–H groups in total. The van der Waals surface area contributed by atoms with Crippen molar-refractivity contribution in [3.8, 4) is 0 Å². The molecule has 3 heteroatoms. The molecule has 1 unspecified atom stereocenters. The molecule has 0 spiro atoms. The van der Waals surface area contributed by atoms with E-state index < -0.39 is 11.9 Å². The molecule has 0 saturated heterocycles. The summed E-state index contributed by atoms with van der Waals surface area (Å²) in [5.74, 6) is 0.248. The van der Waals surface area contributed by atoms with Crippen LogP contribution in [0.2, 0.25) is 0 Å². The highest BCUT2D eigenvalue weighted by Gasteiger charge is 2.23. The first-order chi connectivity index (χ1) is 6.68. The van der Waals surface area contributed by atoms with Crippen molar-refractivity contribution in [2.45, 2.75) is 24.8 Å². The third-order valence-corrected chi connectivity index (χ3v) is 2.65. The number of primary amides is 1. The summed E-state index contributed by atoms with van der Waals surface area (Å²) in [6.07, 6.45) is 2.56. The summed E-state index contributed by atoms with van der Waals surface area (Å²) in [6.45, 7) is 0. The van der Waals surface area contributed by atoms with Crippen molar-refractivity contribution in [2.75, 3.05) is 0 Å². The molecule has 1 saturated carbocycles. The van der Waals surface area contributed by atoms with Gasteiger partial charge in [-0.3, -0.25) is 4.79 Å². The van der Waals surface area contributed by atoms with Crippen molar-refractivity contribution >= 4 is 5.91 Å². The Morgan fingerprint density at radius 2 is 1.86 bits per heavy atom. The van der Waals surface area contributed by atoms with Gasteiger partial charge in [0.1, 0.15) is 6.04 Å². The molecule has 1 aromatic rings. The Morgan fingerprint density at radius 3 is 2.29 bits per heavy atom. The van der Waals surface area contributed by atoms with Gasteiger partial charge in [0.2, 0.25) is 5.91 Å². The molecule has 74 valence electrons. The smallest absolute Gasteiger partial charge is 0.238 e. The predicted molar refractivity (Wildman–Crippen MR) is 54.5 cm³/mol. The zero-order valence-electron chi connectivity index (χ0n) is 7.94. The Morgan fingerprint density at radius 1 is 1.29 bits per heavy atom. The van der Waals surface area contributed by atoms with Gasteiger partial charge >= 0.3 is 0 Å². The van der Waals surface area contributed by atoms with Crippen molar-refractivity contribution in [3.63, 3.8) is 0 Å². The molecule has 1 amide bonds. The van der Waals surface area contributed by atoms with Gasteiger partial charge in [-0.2, -0.15) is 0 Å². The first-order valence-corrected chi connectivity index (χ1v) is 4.83. The highest BCUT2D eigenvalue weighted by atomic mass is 16.1. The summed E-state index contributed by atoms with van der Waals surface area (Å²) < 4.78 is 0. The molecule has 2 rings (SSSR count). The zero-order chi connectivity index (χ0) is 10.1. The van der Waals surface area contributed by atoms with Crippen molar-refractivity contribution in [1.29, 1.82) is 0 Å². The van der Waals surface area contributed by atoms with Crippen LogP contribution in [-0.2, 0) is 4.79 Å². The van der Waals surface area contributed by atoms with Crippen LogP contribution < -0.4 is 11.5 Å². The third kappa shape index (κ3) is 1.77. The number of benzene rings is 1. The fourth-order valence-electron chi connectivity index (χ4n) is 1.56. The van der Waals surface area contributed by atoms with Gasteiger partial charge in [0.05, 0.1) is 0 Å². The molecular formula is C11H14N2O. The molecule has 0 radical (unpaired) electrons. The van der Waals surface area contributed by atoms with Gasteiger partial charge in [-0.15, -0.1) is 0 Å². The number of hydrogen-bond donors (Lipinski definition) is 2. The molecule has 0 heterocycles. The standard InChI is InChI=1S/C11H14N2O/c12-10(11(13)14)9-5-3-8(4-6-9)7-1-2-7/h3-7,10H,1-2,12H2,(H2,13,14). The molecular weight excluding hydrogens is 176 g/mol. The van der Waals surface area contributed by atoms with Gasteiger partial charge in [0.15, 0.2) is 0 Å². The number of rotatable bonds is 3. The molecule has 0 aliphatic heterocycles. The van der Waals surface area contributed by atoms with E-state index in [9.17, 15) is 4.79 Å². The summed E-state index contributed by atoms with van der Waals surface area (Å²) >= 11 is 0. The topological polar surface area (TPSA) is 69.1 Å². The maximum atomic E-state index is 10.8. The van der Waals surface area contributed by atoms with Crippen LogP contribution in [0.25, 0.3) is 0 Å². The minimum Gasteiger partial charge on any atom is -0.368 e. The van der Waals surface area contributed by atoms with E-state index in [4.69, 9.17) is 11.5 Å². The molecule has 0 aromatic heterocycles. The monoisotopic (exact) mass is 190 g/mol. The average Bonchev–Trinajstić information content (AvgIpc) is 3.00. The Kier molecular flexibility index (Phi) is 2.25. The summed E-state index contributed by atoms with van der Waals surface area (Å²) in [5, 5.41) is 0. The van der Waals surface area contributed by atoms with Crippen LogP contribution in [0.1, 0.15) is 35.9 Å². The van der Waals surface area contributed by atoms with E-state index in [1.807, 2.05) is 24.3 Å². The lowest BCUT2D eigenvalue weighted by Crippen LogP contribution is -2.28. The van der Waals surface area contributed by atoms with Crippen LogP contribution in [0.3, 0.4) is 0 Å². The maximum absolute atomic E-state index is 10.8. The van der Waals surface area contributed by atoms with E-state index in [0.717, 1.165) is 11.5 Å². The Balaban J connectivity index is 2.16. The molecule has 3 nitrogen and oxygen atoms in total. The lowest BCUT2D eigenvalue weighted by molar-refractivity contribution is -0.119. The van der Waals surface area contributed by atoms with Gasteiger partial charge in [-0.05, 0) is 29.9 Å². The van der Waals surface area contributed by atoms with Crippen molar-refractivity contribution < 1.29 is 4.79 Å².